The first-order valence-corrected chi connectivity index (χ1v) is 6.01. The average Bonchev–Trinajstić information content (AvgIpc) is 2.72. The maximum absolute atomic E-state index is 6.00. The lowest BCUT2D eigenvalue weighted by molar-refractivity contribution is 0.666. The third-order valence-corrected chi connectivity index (χ3v) is 2.95. The molecule has 0 radical (unpaired) electrons. The van der Waals surface area contributed by atoms with Crippen molar-refractivity contribution in [3.05, 3.63) is 41.6 Å². The van der Waals surface area contributed by atoms with Crippen molar-refractivity contribution in [2.45, 2.75) is 33.4 Å². The van der Waals surface area contributed by atoms with Gasteiger partial charge in [-0.25, -0.2) is 0 Å². The van der Waals surface area contributed by atoms with Crippen LogP contribution in [0.2, 0.25) is 0 Å². The number of nitrogens with zero attached hydrogens (tertiary/aromatic N) is 2. The molecule has 2 rings (SSSR count). The molecule has 0 aliphatic carbocycles. The van der Waals surface area contributed by atoms with E-state index in [4.69, 9.17) is 5.73 Å². The van der Waals surface area contributed by atoms with Crippen LogP contribution in [0.25, 0.3) is 11.3 Å². The minimum Gasteiger partial charge on any atom is -0.324 e. The molecule has 90 valence electrons. The molecule has 0 aliphatic heterocycles. The Morgan fingerprint density at radius 1 is 1.41 bits per heavy atom. The van der Waals surface area contributed by atoms with Crippen molar-refractivity contribution in [3.8, 4) is 11.3 Å². The minimum atomic E-state index is 0.00538. The monoisotopic (exact) mass is 229 g/mol. The summed E-state index contributed by atoms with van der Waals surface area (Å²) in [6.45, 7) is 7.05. The van der Waals surface area contributed by atoms with E-state index in [1.807, 2.05) is 17.8 Å². The molecule has 0 saturated carbocycles. The van der Waals surface area contributed by atoms with Gasteiger partial charge in [0.15, 0.2) is 0 Å². The third kappa shape index (κ3) is 2.24. The smallest absolute Gasteiger partial charge is 0.0729 e. The van der Waals surface area contributed by atoms with Gasteiger partial charge in [-0.05, 0) is 26.8 Å². The Bertz CT molecular complexity index is 512. The zero-order chi connectivity index (χ0) is 12.4. The van der Waals surface area contributed by atoms with E-state index >= 15 is 0 Å². The molecular formula is C14H19N3. The number of benzene rings is 1. The Balaban J connectivity index is 2.60. The molecule has 0 aliphatic rings. The third-order valence-electron chi connectivity index (χ3n) is 2.95. The summed E-state index contributed by atoms with van der Waals surface area (Å²) in [7, 11) is 0. The highest BCUT2D eigenvalue weighted by Crippen LogP contribution is 2.27. The Morgan fingerprint density at radius 2 is 2.18 bits per heavy atom. The standard InChI is InChI=1S/C14H19N3/c1-4-17-14(13(9-16-17)11(3)15)12-7-5-6-10(2)8-12/h5-9,11H,4,15H2,1-3H3. The van der Waals surface area contributed by atoms with E-state index in [1.54, 1.807) is 0 Å². The van der Waals surface area contributed by atoms with Crippen LogP contribution >= 0.6 is 0 Å². The van der Waals surface area contributed by atoms with Crippen molar-refractivity contribution in [2.24, 2.45) is 5.73 Å². The quantitative estimate of drug-likeness (QED) is 0.879. The van der Waals surface area contributed by atoms with Gasteiger partial charge < -0.3 is 5.73 Å². The van der Waals surface area contributed by atoms with Crippen LogP contribution in [0.3, 0.4) is 0 Å². The van der Waals surface area contributed by atoms with Gasteiger partial charge >= 0.3 is 0 Å². The molecule has 0 saturated heterocycles. The van der Waals surface area contributed by atoms with Gasteiger partial charge in [-0.3, -0.25) is 4.68 Å². The van der Waals surface area contributed by atoms with Crippen LogP contribution in [0, 0.1) is 6.92 Å². The van der Waals surface area contributed by atoms with Crippen LogP contribution in [0.4, 0.5) is 0 Å². The van der Waals surface area contributed by atoms with Gasteiger partial charge in [0, 0.05) is 23.7 Å². The second kappa shape index (κ2) is 4.72. The first-order valence-electron chi connectivity index (χ1n) is 6.01. The molecular weight excluding hydrogens is 210 g/mol. The van der Waals surface area contributed by atoms with Crippen LogP contribution in [0.1, 0.15) is 31.0 Å². The van der Waals surface area contributed by atoms with E-state index in [9.17, 15) is 0 Å². The summed E-state index contributed by atoms with van der Waals surface area (Å²) >= 11 is 0. The zero-order valence-electron chi connectivity index (χ0n) is 10.6. The van der Waals surface area contributed by atoms with Gasteiger partial charge in [-0.2, -0.15) is 5.10 Å². The maximum Gasteiger partial charge on any atom is 0.0729 e. The summed E-state index contributed by atoms with van der Waals surface area (Å²) in [4.78, 5) is 0. The Morgan fingerprint density at radius 3 is 2.76 bits per heavy atom. The molecule has 3 nitrogen and oxygen atoms in total. The summed E-state index contributed by atoms with van der Waals surface area (Å²) in [5.74, 6) is 0. The summed E-state index contributed by atoms with van der Waals surface area (Å²) in [6.07, 6.45) is 1.88. The van der Waals surface area contributed by atoms with Crippen molar-refractivity contribution in [1.29, 1.82) is 0 Å². The number of hydrogen-bond donors (Lipinski definition) is 1. The lowest BCUT2D eigenvalue weighted by atomic mass is 10.0. The molecule has 3 heteroatoms. The van der Waals surface area contributed by atoms with E-state index < -0.39 is 0 Å². The molecule has 17 heavy (non-hydrogen) atoms. The zero-order valence-corrected chi connectivity index (χ0v) is 10.6. The van der Waals surface area contributed by atoms with Crippen molar-refractivity contribution in [2.75, 3.05) is 0 Å². The summed E-state index contributed by atoms with van der Waals surface area (Å²) < 4.78 is 2.01. The summed E-state index contributed by atoms with van der Waals surface area (Å²) in [5.41, 5.74) is 10.7. The molecule has 2 N–H and O–H groups in total. The molecule has 1 aromatic carbocycles. The molecule has 0 amide bonds. The number of rotatable bonds is 3. The van der Waals surface area contributed by atoms with E-state index in [0.717, 1.165) is 17.8 Å². The fourth-order valence-corrected chi connectivity index (χ4v) is 2.08. The fraction of sp³-hybridized carbons (Fsp3) is 0.357. The van der Waals surface area contributed by atoms with Crippen LogP contribution in [-0.2, 0) is 6.54 Å². The first kappa shape index (κ1) is 11.9. The molecule has 0 spiro atoms. The summed E-state index contributed by atoms with van der Waals surface area (Å²) in [6, 6.07) is 8.47. The summed E-state index contributed by atoms with van der Waals surface area (Å²) in [5, 5.41) is 4.40. The topological polar surface area (TPSA) is 43.8 Å². The lowest BCUT2D eigenvalue weighted by Gasteiger charge is -2.11. The predicted octanol–water partition coefficient (Wildman–Crippen LogP) is 2.90. The Kier molecular flexibility index (Phi) is 3.29. The molecule has 1 atom stereocenters. The molecule has 1 heterocycles. The molecule has 0 bridgehead atoms. The van der Waals surface area contributed by atoms with Gasteiger partial charge in [0.25, 0.3) is 0 Å². The number of nitrogens with two attached hydrogens (primary N) is 1. The van der Waals surface area contributed by atoms with Crippen LogP contribution in [0.15, 0.2) is 30.5 Å². The van der Waals surface area contributed by atoms with Crippen LogP contribution in [0.5, 0.6) is 0 Å². The van der Waals surface area contributed by atoms with Gasteiger partial charge in [0.1, 0.15) is 0 Å². The minimum absolute atomic E-state index is 0.00538. The van der Waals surface area contributed by atoms with Crippen LogP contribution < -0.4 is 5.73 Å². The average molecular weight is 229 g/mol. The lowest BCUT2D eigenvalue weighted by Crippen LogP contribution is -2.07. The first-order chi connectivity index (χ1) is 8.13. The molecule has 0 fully saturated rings. The van der Waals surface area contributed by atoms with Crippen molar-refractivity contribution in [3.63, 3.8) is 0 Å². The largest absolute Gasteiger partial charge is 0.324 e. The van der Waals surface area contributed by atoms with Crippen molar-refractivity contribution in [1.82, 2.24) is 9.78 Å². The number of aryl methyl sites for hydroxylation is 2. The van der Waals surface area contributed by atoms with Crippen molar-refractivity contribution < 1.29 is 0 Å². The van der Waals surface area contributed by atoms with E-state index in [-0.39, 0.29) is 6.04 Å². The highest BCUT2D eigenvalue weighted by molar-refractivity contribution is 5.64. The fourth-order valence-electron chi connectivity index (χ4n) is 2.08. The van der Waals surface area contributed by atoms with E-state index in [0.29, 0.717) is 0 Å². The van der Waals surface area contributed by atoms with Gasteiger partial charge in [0.05, 0.1) is 11.9 Å². The second-order valence-electron chi connectivity index (χ2n) is 4.42. The van der Waals surface area contributed by atoms with Gasteiger partial charge in [-0.1, -0.05) is 23.8 Å². The van der Waals surface area contributed by atoms with E-state index in [2.05, 4.69) is 43.2 Å². The highest BCUT2D eigenvalue weighted by atomic mass is 15.3. The van der Waals surface area contributed by atoms with Crippen LogP contribution in [-0.4, -0.2) is 9.78 Å². The van der Waals surface area contributed by atoms with Gasteiger partial charge in [-0.15, -0.1) is 0 Å². The Labute approximate surface area is 102 Å². The van der Waals surface area contributed by atoms with E-state index in [1.165, 1.54) is 11.1 Å². The number of hydrogen-bond acceptors (Lipinski definition) is 2. The Hall–Kier alpha value is -1.61. The van der Waals surface area contributed by atoms with Gasteiger partial charge in [0.2, 0.25) is 0 Å². The second-order valence-corrected chi connectivity index (χ2v) is 4.42. The predicted molar refractivity (Wildman–Crippen MR) is 70.7 cm³/mol. The SMILES string of the molecule is CCn1ncc(C(C)N)c1-c1cccc(C)c1. The van der Waals surface area contributed by atoms with Crippen molar-refractivity contribution >= 4 is 0 Å². The number of aromatic nitrogens is 2. The molecule has 1 aromatic heterocycles. The normalized spacial score (nSPS) is 12.7. The molecule has 1 unspecified atom stereocenters. The highest BCUT2D eigenvalue weighted by Gasteiger charge is 2.14. The maximum atomic E-state index is 6.00. The molecule has 2 aromatic rings.